The van der Waals surface area contributed by atoms with Crippen molar-refractivity contribution in [1.29, 1.82) is 0 Å². The van der Waals surface area contributed by atoms with E-state index in [2.05, 4.69) is 24.3 Å². The molecule has 2 heteroatoms. The van der Waals surface area contributed by atoms with Crippen molar-refractivity contribution in [2.24, 2.45) is 0 Å². The van der Waals surface area contributed by atoms with E-state index in [0.717, 1.165) is 5.56 Å². The van der Waals surface area contributed by atoms with Gasteiger partial charge in [0.05, 0.1) is 0 Å². The van der Waals surface area contributed by atoms with E-state index in [1.165, 1.54) is 5.56 Å². The minimum absolute atomic E-state index is 0. The summed E-state index contributed by atoms with van der Waals surface area (Å²) >= 11 is 0. The third-order valence-corrected chi connectivity index (χ3v) is 1.79. The van der Waals surface area contributed by atoms with Crippen LogP contribution in [0.5, 0.6) is 0 Å². The quantitative estimate of drug-likeness (QED) is 0.489. The van der Waals surface area contributed by atoms with Crippen LogP contribution >= 0.6 is 0 Å². The van der Waals surface area contributed by atoms with Gasteiger partial charge in [0.2, 0.25) is 0 Å². The first-order chi connectivity index (χ1) is 5.97. The molecule has 0 heterocycles. The maximum Gasteiger partial charge on any atom is 2.00 e. The normalized spacial score (nSPS) is 8.29. The molecule has 0 bridgehead atoms. The summed E-state index contributed by atoms with van der Waals surface area (Å²) in [6.45, 7) is 0. The molecule has 0 aliphatic rings. The third kappa shape index (κ3) is 3.44. The van der Waals surface area contributed by atoms with E-state index >= 15 is 0 Å². The Morgan fingerprint density at radius 2 is 1.43 bits per heavy atom. The van der Waals surface area contributed by atoms with Crippen LogP contribution in [-0.2, 0) is 0 Å². The average molecular weight is 257 g/mol. The van der Waals surface area contributed by atoms with Gasteiger partial charge in [0.15, 0.2) is 0 Å². The van der Waals surface area contributed by atoms with Gasteiger partial charge in [-0.1, -0.05) is 35.9 Å². The summed E-state index contributed by atoms with van der Waals surface area (Å²) in [5.41, 5.74) is 2.37. The Morgan fingerprint density at radius 3 is 2.00 bits per heavy atom. The summed E-state index contributed by atoms with van der Waals surface area (Å²) < 4.78 is 0. The van der Waals surface area contributed by atoms with E-state index in [4.69, 9.17) is 0 Å². The largest absolute Gasteiger partial charge is 2.00 e. The predicted octanol–water partition coefficient (Wildman–Crippen LogP) is -0.223. The van der Waals surface area contributed by atoms with E-state index in [1.807, 2.05) is 36.4 Å². The van der Waals surface area contributed by atoms with Gasteiger partial charge in [0.1, 0.15) is 0 Å². The SMILES string of the molecule is [Br-].[Mg+2].[c-]1ccccc1-c1ccccc1. The second-order valence-corrected chi connectivity index (χ2v) is 2.64. The Morgan fingerprint density at radius 1 is 0.786 bits per heavy atom. The summed E-state index contributed by atoms with van der Waals surface area (Å²) in [5.74, 6) is 0. The summed E-state index contributed by atoms with van der Waals surface area (Å²) in [6.07, 6.45) is 0. The molecule has 0 radical (unpaired) electrons. The maximum absolute atomic E-state index is 3.18. The van der Waals surface area contributed by atoms with Crippen LogP contribution in [0.4, 0.5) is 0 Å². The van der Waals surface area contributed by atoms with Crippen molar-refractivity contribution >= 4 is 23.1 Å². The molecule has 0 aliphatic carbocycles. The molecule has 2 aromatic rings. The molecule has 0 fully saturated rings. The van der Waals surface area contributed by atoms with E-state index in [0.29, 0.717) is 0 Å². The molecular formula is C12H9BrMg. The van der Waals surface area contributed by atoms with Crippen LogP contribution in [-0.4, -0.2) is 23.1 Å². The van der Waals surface area contributed by atoms with Gasteiger partial charge < -0.3 is 17.0 Å². The van der Waals surface area contributed by atoms with Crippen molar-refractivity contribution < 1.29 is 17.0 Å². The zero-order chi connectivity index (χ0) is 8.23. The average Bonchev–Trinajstić information content (AvgIpc) is 2.21. The van der Waals surface area contributed by atoms with Gasteiger partial charge in [0.25, 0.3) is 0 Å². The fourth-order valence-electron chi connectivity index (χ4n) is 1.19. The second kappa shape index (κ2) is 7.04. The van der Waals surface area contributed by atoms with Crippen molar-refractivity contribution in [2.75, 3.05) is 0 Å². The standard InChI is InChI=1S/C12H9.BrH.Mg/c1-3-7-11(8-4-1)12-9-5-2-6-10-12;;/h1-9H;1H;/q-1;;+2/p-1. The molecule has 66 valence electrons. The number of benzene rings is 2. The monoisotopic (exact) mass is 256 g/mol. The van der Waals surface area contributed by atoms with E-state index in [-0.39, 0.29) is 40.0 Å². The van der Waals surface area contributed by atoms with Crippen LogP contribution in [0.2, 0.25) is 0 Å². The number of hydrogen-bond donors (Lipinski definition) is 0. The molecule has 0 amide bonds. The molecule has 0 atom stereocenters. The third-order valence-electron chi connectivity index (χ3n) is 1.79. The van der Waals surface area contributed by atoms with E-state index < -0.39 is 0 Å². The fraction of sp³-hybridized carbons (Fsp3) is 0. The molecule has 14 heavy (non-hydrogen) atoms. The van der Waals surface area contributed by atoms with Gasteiger partial charge in [0, 0.05) is 0 Å². The van der Waals surface area contributed by atoms with Crippen LogP contribution < -0.4 is 17.0 Å². The second-order valence-electron chi connectivity index (χ2n) is 2.64. The number of rotatable bonds is 1. The van der Waals surface area contributed by atoms with Crippen LogP contribution in [0.3, 0.4) is 0 Å². The van der Waals surface area contributed by atoms with Crippen LogP contribution in [0, 0.1) is 6.07 Å². The van der Waals surface area contributed by atoms with Crippen molar-refractivity contribution in [1.82, 2.24) is 0 Å². The molecule has 0 aromatic heterocycles. The van der Waals surface area contributed by atoms with Crippen molar-refractivity contribution in [2.45, 2.75) is 0 Å². The molecular weight excluding hydrogens is 248 g/mol. The summed E-state index contributed by atoms with van der Waals surface area (Å²) in [4.78, 5) is 0. The molecule has 0 N–H and O–H groups in total. The van der Waals surface area contributed by atoms with Gasteiger partial charge in [-0.05, 0) is 0 Å². The van der Waals surface area contributed by atoms with Gasteiger partial charge in [-0.15, -0.1) is 35.9 Å². The van der Waals surface area contributed by atoms with Gasteiger partial charge in [-0.2, -0.15) is 0 Å². The summed E-state index contributed by atoms with van der Waals surface area (Å²) in [7, 11) is 0. The molecule has 0 unspecified atom stereocenters. The van der Waals surface area contributed by atoms with Crippen LogP contribution in [0.1, 0.15) is 0 Å². The Labute approximate surface area is 111 Å². The first-order valence-corrected chi connectivity index (χ1v) is 3.99. The van der Waals surface area contributed by atoms with Crippen molar-refractivity contribution in [3.63, 3.8) is 0 Å². The Hall–Kier alpha value is -0.314. The molecule has 0 aliphatic heterocycles. The Kier molecular flexibility index (Phi) is 6.88. The maximum atomic E-state index is 3.18. The van der Waals surface area contributed by atoms with Crippen LogP contribution in [0.15, 0.2) is 54.6 Å². The Bertz CT molecular complexity index is 308. The molecule has 0 saturated carbocycles. The van der Waals surface area contributed by atoms with Gasteiger partial charge in [-0.3, -0.25) is 0 Å². The topological polar surface area (TPSA) is 0 Å². The first-order valence-electron chi connectivity index (χ1n) is 3.99. The zero-order valence-corrected chi connectivity index (χ0v) is 10.8. The molecule has 0 saturated heterocycles. The Balaban J connectivity index is 0.000000845. The molecule has 0 nitrogen and oxygen atoms in total. The fourth-order valence-corrected chi connectivity index (χ4v) is 1.19. The number of halogens is 1. The van der Waals surface area contributed by atoms with Crippen LogP contribution in [0.25, 0.3) is 11.1 Å². The van der Waals surface area contributed by atoms with E-state index in [1.54, 1.807) is 0 Å². The number of hydrogen-bond acceptors (Lipinski definition) is 0. The van der Waals surface area contributed by atoms with Gasteiger partial charge >= 0.3 is 23.1 Å². The minimum atomic E-state index is 0. The van der Waals surface area contributed by atoms with Crippen molar-refractivity contribution in [3.8, 4) is 11.1 Å². The first kappa shape index (κ1) is 13.7. The van der Waals surface area contributed by atoms with Gasteiger partial charge in [-0.25, -0.2) is 0 Å². The predicted molar refractivity (Wildman–Crippen MR) is 56.5 cm³/mol. The smallest absolute Gasteiger partial charge is 1.00 e. The van der Waals surface area contributed by atoms with Crippen molar-refractivity contribution in [3.05, 3.63) is 60.7 Å². The summed E-state index contributed by atoms with van der Waals surface area (Å²) in [5, 5.41) is 0. The summed E-state index contributed by atoms with van der Waals surface area (Å²) in [6, 6.07) is 21.5. The molecule has 2 aromatic carbocycles. The zero-order valence-electron chi connectivity index (χ0n) is 7.78. The molecule has 2 rings (SSSR count). The van der Waals surface area contributed by atoms with E-state index in [9.17, 15) is 0 Å². The molecule has 0 spiro atoms. The minimum Gasteiger partial charge on any atom is -1.00 e.